The Kier molecular flexibility index (Phi) is 9.50. The summed E-state index contributed by atoms with van der Waals surface area (Å²) in [7, 11) is -1.76. The topological polar surface area (TPSA) is 79.0 Å². The van der Waals surface area contributed by atoms with E-state index in [2.05, 4.69) is 16.3 Å². The summed E-state index contributed by atoms with van der Waals surface area (Å²) in [6.07, 6.45) is 2.84. The number of sulfonamides is 1. The number of ether oxygens (including phenoxy) is 1. The molecule has 8 heteroatoms. The van der Waals surface area contributed by atoms with Crippen molar-refractivity contribution < 1.29 is 17.9 Å². The minimum atomic E-state index is -3.45. The molecule has 0 atom stereocenters. The van der Waals surface area contributed by atoms with Crippen molar-refractivity contribution in [2.75, 3.05) is 33.3 Å². The van der Waals surface area contributed by atoms with E-state index in [-0.39, 0.29) is 11.9 Å². The molecule has 1 saturated heterocycles. The maximum atomic E-state index is 12.6. The van der Waals surface area contributed by atoms with Gasteiger partial charge in [0.15, 0.2) is 0 Å². The highest BCUT2D eigenvalue weighted by atomic mass is 32.2. The summed E-state index contributed by atoms with van der Waals surface area (Å²) in [5.41, 5.74) is 2.14. The summed E-state index contributed by atoms with van der Waals surface area (Å²) in [6.45, 7) is 7.28. The van der Waals surface area contributed by atoms with Crippen LogP contribution in [-0.4, -0.2) is 62.9 Å². The predicted octanol–water partition coefficient (Wildman–Crippen LogP) is 3.44. The molecule has 0 saturated carbocycles. The molecular formula is C26H37N3O4S. The number of rotatable bonds is 11. The zero-order chi connectivity index (χ0) is 24.6. The van der Waals surface area contributed by atoms with Crippen LogP contribution in [-0.2, 0) is 27.8 Å². The van der Waals surface area contributed by atoms with E-state index in [9.17, 15) is 13.2 Å². The molecule has 2 aromatic carbocycles. The fraction of sp³-hybridized carbons (Fsp3) is 0.500. The molecule has 7 nitrogen and oxygen atoms in total. The highest BCUT2D eigenvalue weighted by Crippen LogP contribution is 2.22. The molecule has 1 amide bonds. The molecule has 2 aromatic rings. The molecule has 0 bridgehead atoms. The van der Waals surface area contributed by atoms with Gasteiger partial charge in [-0.25, -0.2) is 8.42 Å². The molecule has 1 fully saturated rings. The summed E-state index contributed by atoms with van der Waals surface area (Å²) >= 11 is 0. The lowest BCUT2D eigenvalue weighted by atomic mass is 10.0. The van der Waals surface area contributed by atoms with Crippen molar-refractivity contribution in [3.63, 3.8) is 0 Å². The fourth-order valence-electron chi connectivity index (χ4n) is 4.41. The van der Waals surface area contributed by atoms with E-state index in [1.165, 1.54) is 9.87 Å². The zero-order valence-electron chi connectivity index (χ0n) is 20.5. The Morgan fingerprint density at radius 2 is 1.71 bits per heavy atom. The first-order valence-electron chi connectivity index (χ1n) is 12.1. The number of hydrogen-bond acceptors (Lipinski definition) is 5. The Labute approximate surface area is 204 Å². The lowest BCUT2D eigenvalue weighted by Gasteiger charge is -2.32. The van der Waals surface area contributed by atoms with Crippen LogP contribution < -0.4 is 10.1 Å². The van der Waals surface area contributed by atoms with Crippen molar-refractivity contribution in [1.29, 1.82) is 0 Å². The average Bonchev–Trinajstić information content (AvgIpc) is 2.85. The van der Waals surface area contributed by atoms with Crippen LogP contribution in [0, 0.1) is 0 Å². The molecule has 1 aliphatic rings. The summed E-state index contributed by atoms with van der Waals surface area (Å²) < 4.78 is 32.1. The van der Waals surface area contributed by atoms with Crippen LogP contribution >= 0.6 is 0 Å². The number of nitrogens with zero attached hydrogens (tertiary/aromatic N) is 2. The maximum Gasteiger partial charge on any atom is 0.243 e. The van der Waals surface area contributed by atoms with Gasteiger partial charge < -0.3 is 10.1 Å². The monoisotopic (exact) mass is 487 g/mol. The van der Waals surface area contributed by atoms with E-state index in [1.54, 1.807) is 31.4 Å². The molecule has 34 heavy (non-hydrogen) atoms. The van der Waals surface area contributed by atoms with E-state index in [4.69, 9.17) is 4.74 Å². The van der Waals surface area contributed by atoms with Gasteiger partial charge in [0, 0.05) is 50.7 Å². The van der Waals surface area contributed by atoms with Crippen molar-refractivity contribution in [1.82, 2.24) is 14.5 Å². The van der Waals surface area contributed by atoms with Gasteiger partial charge in [-0.15, -0.1) is 0 Å². The van der Waals surface area contributed by atoms with Gasteiger partial charge in [-0.1, -0.05) is 44.2 Å². The molecule has 0 aromatic heterocycles. The number of piperidine rings is 1. The van der Waals surface area contributed by atoms with Gasteiger partial charge in [-0.05, 0) is 43.0 Å². The van der Waals surface area contributed by atoms with Gasteiger partial charge in [-0.2, -0.15) is 4.31 Å². The number of carbonyl (C=O) groups is 1. The average molecular weight is 488 g/mol. The summed E-state index contributed by atoms with van der Waals surface area (Å²) in [6, 6.07) is 15.2. The Hall–Kier alpha value is -2.42. The number of aryl methyl sites for hydroxylation is 1. The Morgan fingerprint density at radius 3 is 2.32 bits per heavy atom. The summed E-state index contributed by atoms with van der Waals surface area (Å²) in [4.78, 5) is 15.2. The molecule has 1 N–H and O–H groups in total. The number of para-hydroxylation sites is 1. The van der Waals surface area contributed by atoms with Crippen molar-refractivity contribution in [3.8, 4) is 5.75 Å². The molecule has 1 aliphatic heterocycles. The van der Waals surface area contributed by atoms with E-state index in [0.717, 1.165) is 43.8 Å². The highest BCUT2D eigenvalue weighted by molar-refractivity contribution is 7.89. The number of likely N-dealkylation sites (tertiary alicyclic amines) is 1. The van der Waals surface area contributed by atoms with Crippen molar-refractivity contribution in [2.45, 2.75) is 57.0 Å². The van der Waals surface area contributed by atoms with E-state index < -0.39 is 10.0 Å². The smallest absolute Gasteiger partial charge is 0.243 e. The van der Waals surface area contributed by atoms with Gasteiger partial charge in [-0.3, -0.25) is 9.69 Å². The maximum absolute atomic E-state index is 12.6. The Bertz CT molecular complexity index is 1030. The second-order valence-electron chi connectivity index (χ2n) is 8.66. The molecule has 3 rings (SSSR count). The molecule has 1 heterocycles. The molecule has 0 radical (unpaired) electrons. The van der Waals surface area contributed by atoms with Gasteiger partial charge in [0.1, 0.15) is 5.75 Å². The summed E-state index contributed by atoms with van der Waals surface area (Å²) in [5, 5.41) is 3.17. The number of methoxy groups -OCH3 is 1. The number of benzene rings is 2. The van der Waals surface area contributed by atoms with E-state index in [1.807, 2.05) is 32.0 Å². The second-order valence-corrected chi connectivity index (χ2v) is 10.6. The van der Waals surface area contributed by atoms with Crippen LogP contribution in [0.15, 0.2) is 53.4 Å². The SMILES string of the molecule is CCN(CC)S(=O)(=O)c1ccc(CCC(=O)NC2CCN(Cc3ccccc3OC)CC2)cc1. The van der Waals surface area contributed by atoms with Gasteiger partial charge in [0.25, 0.3) is 0 Å². The first-order valence-corrected chi connectivity index (χ1v) is 13.5. The third-order valence-electron chi connectivity index (χ3n) is 6.45. The van der Waals surface area contributed by atoms with Gasteiger partial charge in [0.2, 0.25) is 15.9 Å². The van der Waals surface area contributed by atoms with Crippen LogP contribution in [0.4, 0.5) is 0 Å². The minimum Gasteiger partial charge on any atom is -0.496 e. The lowest BCUT2D eigenvalue weighted by molar-refractivity contribution is -0.122. The van der Waals surface area contributed by atoms with Gasteiger partial charge in [0.05, 0.1) is 12.0 Å². The number of carbonyl (C=O) groups excluding carboxylic acids is 1. The number of nitrogens with one attached hydrogen (secondary N) is 1. The fourth-order valence-corrected chi connectivity index (χ4v) is 5.87. The predicted molar refractivity (Wildman–Crippen MR) is 134 cm³/mol. The molecule has 0 aliphatic carbocycles. The quantitative estimate of drug-likeness (QED) is 0.525. The van der Waals surface area contributed by atoms with Gasteiger partial charge >= 0.3 is 0 Å². The van der Waals surface area contributed by atoms with Crippen molar-refractivity contribution >= 4 is 15.9 Å². The van der Waals surface area contributed by atoms with Crippen LogP contribution in [0.5, 0.6) is 5.75 Å². The van der Waals surface area contributed by atoms with Crippen LogP contribution in [0.2, 0.25) is 0 Å². The number of amides is 1. The molecule has 0 spiro atoms. The number of hydrogen-bond donors (Lipinski definition) is 1. The zero-order valence-corrected chi connectivity index (χ0v) is 21.3. The Balaban J connectivity index is 1.43. The van der Waals surface area contributed by atoms with Crippen molar-refractivity contribution in [2.24, 2.45) is 0 Å². The third kappa shape index (κ3) is 6.81. The van der Waals surface area contributed by atoms with Crippen LogP contribution in [0.25, 0.3) is 0 Å². The van der Waals surface area contributed by atoms with E-state index >= 15 is 0 Å². The largest absolute Gasteiger partial charge is 0.496 e. The van der Waals surface area contributed by atoms with Crippen LogP contribution in [0.1, 0.15) is 44.2 Å². The van der Waals surface area contributed by atoms with Crippen LogP contribution in [0.3, 0.4) is 0 Å². The molecule has 186 valence electrons. The third-order valence-corrected chi connectivity index (χ3v) is 8.51. The standard InChI is InChI=1S/C26H37N3O4S/c1-4-29(5-2)34(31,32)24-13-10-21(11-14-24)12-15-26(30)27-23-16-18-28(19-17-23)20-22-8-6-7-9-25(22)33-3/h6-11,13-14,23H,4-5,12,15-20H2,1-3H3,(H,27,30). The normalized spacial score (nSPS) is 15.4. The van der Waals surface area contributed by atoms with E-state index in [0.29, 0.717) is 30.8 Å². The minimum absolute atomic E-state index is 0.0445. The first-order chi connectivity index (χ1) is 16.4. The summed E-state index contributed by atoms with van der Waals surface area (Å²) in [5.74, 6) is 0.958. The molecular weight excluding hydrogens is 450 g/mol. The first kappa shape index (κ1) is 26.2. The Morgan fingerprint density at radius 1 is 1.06 bits per heavy atom. The lowest BCUT2D eigenvalue weighted by Crippen LogP contribution is -2.44. The molecule has 0 unspecified atom stereocenters. The highest BCUT2D eigenvalue weighted by Gasteiger charge is 2.22. The van der Waals surface area contributed by atoms with Crippen molar-refractivity contribution in [3.05, 3.63) is 59.7 Å². The second kappa shape index (κ2) is 12.3.